The van der Waals surface area contributed by atoms with Gasteiger partial charge in [0.1, 0.15) is 6.61 Å². The molecule has 0 aliphatic carbocycles. The Bertz CT molecular complexity index is 806. The Balaban J connectivity index is 2.03. The van der Waals surface area contributed by atoms with Gasteiger partial charge in [0, 0.05) is 10.7 Å². The zero-order valence-electron chi connectivity index (χ0n) is 15.4. The summed E-state index contributed by atoms with van der Waals surface area (Å²) in [4.78, 5) is 32.0. The molecule has 0 unspecified atom stereocenters. The van der Waals surface area contributed by atoms with Gasteiger partial charge in [-0.05, 0) is 53.6 Å². The number of methoxy groups -OCH3 is 1. The zero-order chi connectivity index (χ0) is 19.6. The fraction of sp³-hybridized carbons (Fsp3) is 0.421. The van der Waals surface area contributed by atoms with Gasteiger partial charge in [-0.1, -0.05) is 30.8 Å². The van der Waals surface area contributed by atoms with Crippen molar-refractivity contribution in [3.8, 4) is 0 Å². The summed E-state index contributed by atoms with van der Waals surface area (Å²) in [6, 6.07) is 7.30. The van der Waals surface area contributed by atoms with Crippen LogP contribution >= 0.6 is 34.4 Å². The summed E-state index contributed by atoms with van der Waals surface area (Å²) < 4.78 is 11.4. The quantitative estimate of drug-likeness (QED) is 0.340. The molecule has 2 aliphatic heterocycles. The number of hydrogen-bond acceptors (Lipinski definition) is 6. The minimum absolute atomic E-state index is 0.0144. The lowest BCUT2D eigenvalue weighted by Crippen LogP contribution is -2.40. The lowest BCUT2D eigenvalue weighted by Gasteiger charge is -2.33. The van der Waals surface area contributed by atoms with Crippen LogP contribution in [-0.2, 0) is 19.1 Å². The maximum absolute atomic E-state index is 13.0. The molecule has 1 aromatic rings. The van der Waals surface area contributed by atoms with Gasteiger partial charge in [-0.3, -0.25) is 9.69 Å². The molecule has 0 saturated carbocycles. The van der Waals surface area contributed by atoms with Crippen molar-refractivity contribution in [3.63, 3.8) is 0 Å². The van der Waals surface area contributed by atoms with E-state index in [2.05, 4.69) is 27.6 Å². The molecule has 0 spiro atoms. The van der Waals surface area contributed by atoms with Gasteiger partial charge in [0.25, 0.3) is 0 Å². The Hall–Kier alpha value is -1.39. The van der Waals surface area contributed by atoms with Crippen LogP contribution in [-0.4, -0.2) is 47.5 Å². The number of thioether (sulfide) groups is 1. The van der Waals surface area contributed by atoms with E-state index in [1.165, 1.54) is 11.8 Å². The van der Waals surface area contributed by atoms with Crippen LogP contribution < -0.4 is 0 Å². The van der Waals surface area contributed by atoms with Crippen LogP contribution in [0.2, 0.25) is 0 Å². The Morgan fingerprint density at radius 2 is 2.00 bits per heavy atom. The Kier molecular flexibility index (Phi) is 6.59. The van der Waals surface area contributed by atoms with Gasteiger partial charge in [0.05, 0.1) is 29.2 Å². The van der Waals surface area contributed by atoms with Crippen molar-refractivity contribution in [2.45, 2.75) is 31.6 Å². The van der Waals surface area contributed by atoms with Crippen LogP contribution in [0.25, 0.3) is 0 Å². The van der Waals surface area contributed by atoms with E-state index in [9.17, 15) is 9.59 Å². The van der Waals surface area contributed by atoms with Crippen LogP contribution in [0, 0.1) is 3.57 Å². The summed E-state index contributed by atoms with van der Waals surface area (Å²) in [7, 11) is 1.55. The molecule has 2 aliphatic rings. The molecule has 2 heterocycles. The average Bonchev–Trinajstić information content (AvgIpc) is 2.96. The van der Waals surface area contributed by atoms with E-state index in [1.807, 2.05) is 31.2 Å². The number of halogens is 1. The molecule has 2 atom stereocenters. The molecule has 6 nitrogen and oxygen atoms in total. The molecule has 0 aromatic heterocycles. The number of amidine groups is 1. The first kappa shape index (κ1) is 20.3. The van der Waals surface area contributed by atoms with E-state index in [4.69, 9.17) is 9.47 Å². The predicted molar refractivity (Wildman–Crippen MR) is 113 cm³/mol. The van der Waals surface area contributed by atoms with Crippen molar-refractivity contribution in [3.05, 3.63) is 44.7 Å². The van der Waals surface area contributed by atoms with Gasteiger partial charge >= 0.3 is 5.97 Å². The molecule has 0 bridgehead atoms. The number of allylic oxidation sites excluding steroid dienone is 1. The minimum atomic E-state index is -0.527. The van der Waals surface area contributed by atoms with E-state index < -0.39 is 12.0 Å². The summed E-state index contributed by atoms with van der Waals surface area (Å²) in [6.45, 7) is 4.25. The van der Waals surface area contributed by atoms with E-state index in [-0.39, 0.29) is 17.8 Å². The van der Waals surface area contributed by atoms with Crippen molar-refractivity contribution in [1.29, 1.82) is 0 Å². The average molecular weight is 500 g/mol. The second-order valence-corrected chi connectivity index (χ2v) is 8.61. The number of carbonyl (C=O) groups is 2. The number of fused-ring (bicyclic) bond motifs is 1. The molecule has 1 aromatic carbocycles. The van der Waals surface area contributed by atoms with Crippen molar-refractivity contribution in [1.82, 2.24) is 4.90 Å². The first-order chi connectivity index (χ1) is 13.0. The van der Waals surface area contributed by atoms with Crippen LogP contribution in [0.4, 0.5) is 0 Å². The van der Waals surface area contributed by atoms with Crippen LogP contribution in [0.5, 0.6) is 0 Å². The molecule has 27 heavy (non-hydrogen) atoms. The van der Waals surface area contributed by atoms with Gasteiger partial charge in [-0.15, -0.1) is 0 Å². The first-order valence-corrected chi connectivity index (χ1v) is 10.6. The summed E-state index contributed by atoms with van der Waals surface area (Å²) in [5.74, 6) is -0.479. The van der Waals surface area contributed by atoms with Crippen LogP contribution in [0.1, 0.15) is 31.9 Å². The third-order valence-electron chi connectivity index (χ3n) is 4.45. The highest BCUT2D eigenvalue weighted by Gasteiger charge is 2.47. The maximum Gasteiger partial charge on any atom is 0.338 e. The summed E-state index contributed by atoms with van der Waals surface area (Å²) in [6.07, 6.45) is 0.713. The highest BCUT2D eigenvalue weighted by atomic mass is 127. The molecule has 1 amide bonds. The molecule has 0 radical (unpaired) electrons. The van der Waals surface area contributed by atoms with Gasteiger partial charge in [0.15, 0.2) is 5.17 Å². The predicted octanol–water partition coefficient (Wildman–Crippen LogP) is 3.52. The Morgan fingerprint density at radius 3 is 2.63 bits per heavy atom. The number of benzene rings is 1. The number of amides is 1. The van der Waals surface area contributed by atoms with E-state index in [0.717, 1.165) is 9.13 Å². The number of hydrogen-bond donors (Lipinski definition) is 0. The normalized spacial score (nSPS) is 22.0. The van der Waals surface area contributed by atoms with E-state index in [1.54, 1.807) is 18.9 Å². The molecule has 0 N–H and O–H groups in total. The number of esters is 1. The van der Waals surface area contributed by atoms with Crippen LogP contribution in [0.3, 0.4) is 0 Å². The SMILES string of the molecule is CC[C@@H]1SC2=NC(C)=C(C(=O)OCCOC)[C@H](c3ccc(I)cc3)N2C1=O. The highest BCUT2D eigenvalue weighted by molar-refractivity contribution is 14.1. The fourth-order valence-corrected chi connectivity index (χ4v) is 4.60. The monoisotopic (exact) mass is 500 g/mol. The van der Waals surface area contributed by atoms with Gasteiger partial charge in [-0.25, -0.2) is 9.79 Å². The number of ether oxygens (including phenoxy) is 2. The largest absolute Gasteiger partial charge is 0.460 e. The van der Waals surface area contributed by atoms with Gasteiger partial charge in [0.2, 0.25) is 5.91 Å². The lowest BCUT2D eigenvalue weighted by atomic mass is 9.94. The van der Waals surface area contributed by atoms with Crippen molar-refractivity contribution >= 4 is 51.4 Å². The first-order valence-electron chi connectivity index (χ1n) is 8.68. The molecular formula is C19H21IN2O4S. The highest BCUT2D eigenvalue weighted by Crippen LogP contribution is 2.44. The molecule has 1 fully saturated rings. The summed E-state index contributed by atoms with van der Waals surface area (Å²) >= 11 is 3.69. The molecular weight excluding hydrogens is 479 g/mol. The van der Waals surface area contributed by atoms with E-state index in [0.29, 0.717) is 29.5 Å². The minimum Gasteiger partial charge on any atom is -0.460 e. The lowest BCUT2D eigenvalue weighted by molar-refractivity contribution is -0.141. The van der Waals surface area contributed by atoms with Crippen molar-refractivity contribution in [2.24, 2.45) is 4.99 Å². The number of rotatable bonds is 6. The molecule has 8 heteroatoms. The molecule has 144 valence electrons. The summed E-state index contributed by atoms with van der Waals surface area (Å²) in [5.41, 5.74) is 1.86. The Morgan fingerprint density at radius 1 is 1.30 bits per heavy atom. The van der Waals surface area contributed by atoms with Gasteiger partial charge in [-0.2, -0.15) is 0 Å². The second kappa shape index (κ2) is 8.74. The number of carbonyl (C=O) groups excluding carboxylic acids is 2. The number of nitrogens with zero attached hydrogens (tertiary/aromatic N) is 2. The third-order valence-corrected chi connectivity index (χ3v) is 6.49. The Labute approximate surface area is 176 Å². The van der Waals surface area contributed by atoms with Crippen molar-refractivity contribution in [2.75, 3.05) is 20.3 Å². The molecule has 3 rings (SSSR count). The van der Waals surface area contributed by atoms with Crippen LogP contribution in [0.15, 0.2) is 40.5 Å². The second-order valence-electron chi connectivity index (χ2n) is 6.20. The van der Waals surface area contributed by atoms with Crippen molar-refractivity contribution < 1.29 is 19.1 Å². The summed E-state index contributed by atoms with van der Waals surface area (Å²) in [5, 5.41) is 0.480. The maximum atomic E-state index is 13.0. The van der Waals surface area contributed by atoms with Gasteiger partial charge < -0.3 is 9.47 Å². The third kappa shape index (κ3) is 4.07. The van der Waals surface area contributed by atoms with E-state index >= 15 is 0 Å². The standard InChI is InChI=1S/C19H21IN2O4S/c1-4-14-17(23)22-16(12-5-7-13(20)8-6-12)15(11(2)21-19(22)27-14)18(24)26-10-9-25-3/h5-8,14,16H,4,9-10H2,1-3H3/t14-,16-/m0/s1. The smallest absolute Gasteiger partial charge is 0.338 e. The molecule has 1 saturated heterocycles. The number of aliphatic imine (C=N–C) groups is 1. The topological polar surface area (TPSA) is 68.2 Å². The zero-order valence-corrected chi connectivity index (χ0v) is 18.4. The fourth-order valence-electron chi connectivity index (χ4n) is 3.11.